The Morgan fingerprint density at radius 3 is 2.54 bits per heavy atom. The molecule has 0 aliphatic carbocycles. The van der Waals surface area contributed by atoms with E-state index >= 15 is 0 Å². The van der Waals surface area contributed by atoms with Crippen LogP contribution >= 0.6 is 0 Å². The van der Waals surface area contributed by atoms with Crippen LogP contribution in [0.15, 0.2) is 54.6 Å². The van der Waals surface area contributed by atoms with Crippen LogP contribution in [-0.2, 0) is 17.9 Å². The van der Waals surface area contributed by atoms with E-state index in [1.165, 1.54) is 6.08 Å². The third-order valence-electron chi connectivity index (χ3n) is 3.35. The molecule has 0 radical (unpaired) electrons. The molecule has 5 nitrogen and oxygen atoms in total. The smallest absolute Gasteiger partial charge is 0.244 e. The SMILES string of the molecule is N#CCOc1ccc(/C=C/C(=O)NCc2ccccc2CO)cc1. The van der Waals surface area contributed by atoms with Crippen molar-refractivity contribution in [3.63, 3.8) is 0 Å². The molecule has 122 valence electrons. The van der Waals surface area contributed by atoms with Crippen molar-refractivity contribution in [3.05, 3.63) is 71.3 Å². The number of carbonyl (C=O) groups is 1. The molecule has 0 unspecified atom stereocenters. The van der Waals surface area contributed by atoms with Gasteiger partial charge in [0.1, 0.15) is 11.8 Å². The third-order valence-corrected chi connectivity index (χ3v) is 3.35. The standard InChI is InChI=1S/C19H18N2O3/c20-11-12-24-18-8-5-15(6-9-18)7-10-19(23)21-13-16-3-1-2-4-17(16)14-22/h1-10,22H,12-14H2,(H,21,23)/b10-7+. The van der Waals surface area contributed by atoms with Gasteiger partial charge < -0.3 is 15.2 Å². The zero-order valence-electron chi connectivity index (χ0n) is 13.1. The molecule has 24 heavy (non-hydrogen) atoms. The highest BCUT2D eigenvalue weighted by molar-refractivity contribution is 5.91. The number of rotatable bonds is 7. The first-order chi connectivity index (χ1) is 11.7. The molecule has 2 aromatic carbocycles. The summed E-state index contributed by atoms with van der Waals surface area (Å²) in [7, 11) is 0. The normalized spacial score (nSPS) is 10.3. The van der Waals surface area contributed by atoms with Crippen molar-refractivity contribution in [1.82, 2.24) is 5.32 Å². The molecule has 0 bridgehead atoms. The molecule has 0 spiro atoms. The number of nitrogens with zero attached hydrogens (tertiary/aromatic N) is 1. The van der Waals surface area contributed by atoms with Crippen LogP contribution in [0.1, 0.15) is 16.7 Å². The van der Waals surface area contributed by atoms with Gasteiger partial charge in [0.15, 0.2) is 6.61 Å². The van der Waals surface area contributed by atoms with Gasteiger partial charge in [-0.15, -0.1) is 0 Å². The molecule has 2 N–H and O–H groups in total. The van der Waals surface area contributed by atoms with Gasteiger partial charge in [-0.05, 0) is 34.9 Å². The molecule has 2 rings (SSSR count). The lowest BCUT2D eigenvalue weighted by Gasteiger charge is -2.07. The summed E-state index contributed by atoms with van der Waals surface area (Å²) in [5.41, 5.74) is 2.54. The summed E-state index contributed by atoms with van der Waals surface area (Å²) in [6.45, 7) is 0.315. The van der Waals surface area contributed by atoms with Crippen molar-refractivity contribution in [3.8, 4) is 11.8 Å². The van der Waals surface area contributed by atoms with Gasteiger partial charge in [-0.3, -0.25) is 4.79 Å². The number of nitrogens with one attached hydrogen (secondary N) is 1. The minimum Gasteiger partial charge on any atom is -0.479 e. The van der Waals surface area contributed by atoms with E-state index in [4.69, 9.17) is 10.00 Å². The van der Waals surface area contributed by atoms with Crippen molar-refractivity contribution in [2.45, 2.75) is 13.2 Å². The lowest BCUT2D eigenvalue weighted by Crippen LogP contribution is -2.21. The van der Waals surface area contributed by atoms with Gasteiger partial charge in [0, 0.05) is 12.6 Å². The maximum absolute atomic E-state index is 11.9. The van der Waals surface area contributed by atoms with Gasteiger partial charge >= 0.3 is 0 Å². The molecule has 0 saturated heterocycles. The van der Waals surface area contributed by atoms with Crippen LogP contribution in [0.4, 0.5) is 0 Å². The second kappa shape index (κ2) is 9.13. The highest BCUT2D eigenvalue weighted by Crippen LogP contribution is 2.13. The molecule has 0 saturated carbocycles. The van der Waals surface area contributed by atoms with Crippen molar-refractivity contribution in [2.24, 2.45) is 0 Å². The summed E-state index contributed by atoms with van der Waals surface area (Å²) >= 11 is 0. The Morgan fingerprint density at radius 1 is 1.17 bits per heavy atom. The minimum absolute atomic E-state index is 0.00685. The molecular weight excluding hydrogens is 304 g/mol. The van der Waals surface area contributed by atoms with E-state index in [-0.39, 0.29) is 19.1 Å². The topological polar surface area (TPSA) is 82.3 Å². The van der Waals surface area contributed by atoms with E-state index in [0.717, 1.165) is 16.7 Å². The number of hydrogen-bond acceptors (Lipinski definition) is 4. The summed E-state index contributed by atoms with van der Waals surface area (Å²) in [6, 6.07) is 16.4. The fourth-order valence-electron chi connectivity index (χ4n) is 2.09. The molecule has 0 atom stereocenters. The molecule has 1 amide bonds. The Hall–Kier alpha value is -3.10. The van der Waals surface area contributed by atoms with Crippen LogP contribution in [0.2, 0.25) is 0 Å². The number of benzene rings is 2. The van der Waals surface area contributed by atoms with Gasteiger partial charge in [0.25, 0.3) is 0 Å². The summed E-state index contributed by atoms with van der Waals surface area (Å²) in [5.74, 6) is 0.395. The Morgan fingerprint density at radius 2 is 1.88 bits per heavy atom. The fourth-order valence-corrected chi connectivity index (χ4v) is 2.09. The van der Waals surface area contributed by atoms with Crippen LogP contribution in [0.5, 0.6) is 5.75 Å². The number of aliphatic hydroxyl groups excluding tert-OH is 1. The number of hydrogen-bond donors (Lipinski definition) is 2. The average Bonchev–Trinajstić information content (AvgIpc) is 2.64. The molecule has 0 aliphatic rings. The molecule has 0 aromatic heterocycles. The van der Waals surface area contributed by atoms with Crippen molar-refractivity contribution in [1.29, 1.82) is 5.26 Å². The fraction of sp³-hybridized carbons (Fsp3) is 0.158. The van der Waals surface area contributed by atoms with Crippen LogP contribution < -0.4 is 10.1 Å². The minimum atomic E-state index is -0.215. The second-order valence-electron chi connectivity index (χ2n) is 4.99. The zero-order chi connectivity index (χ0) is 17.2. The molecule has 2 aromatic rings. The first-order valence-electron chi connectivity index (χ1n) is 7.46. The van der Waals surface area contributed by atoms with Crippen molar-refractivity contribution in [2.75, 3.05) is 6.61 Å². The molecule has 5 heteroatoms. The predicted octanol–water partition coefficient (Wildman–Crippen LogP) is 2.41. The van der Waals surface area contributed by atoms with E-state index in [1.54, 1.807) is 30.3 Å². The number of amides is 1. The van der Waals surface area contributed by atoms with Gasteiger partial charge in [-0.25, -0.2) is 0 Å². The third kappa shape index (κ3) is 5.27. The van der Waals surface area contributed by atoms with E-state index in [2.05, 4.69) is 5.32 Å². The molecular formula is C19H18N2O3. The van der Waals surface area contributed by atoms with Crippen LogP contribution in [-0.4, -0.2) is 17.6 Å². The average molecular weight is 322 g/mol. The number of carbonyl (C=O) groups excluding carboxylic acids is 1. The first-order valence-corrected chi connectivity index (χ1v) is 7.46. The largest absolute Gasteiger partial charge is 0.479 e. The van der Waals surface area contributed by atoms with E-state index < -0.39 is 0 Å². The van der Waals surface area contributed by atoms with Crippen LogP contribution in [0.3, 0.4) is 0 Å². The zero-order valence-corrected chi connectivity index (χ0v) is 13.1. The van der Waals surface area contributed by atoms with E-state index in [0.29, 0.717) is 12.3 Å². The Balaban J connectivity index is 1.87. The first kappa shape index (κ1) is 17.3. The quantitative estimate of drug-likeness (QED) is 0.767. The number of aliphatic hydroxyl groups is 1. The van der Waals surface area contributed by atoms with Crippen molar-refractivity contribution < 1.29 is 14.6 Å². The van der Waals surface area contributed by atoms with Gasteiger partial charge in [-0.1, -0.05) is 36.4 Å². The molecule has 0 heterocycles. The van der Waals surface area contributed by atoms with Crippen molar-refractivity contribution >= 4 is 12.0 Å². The summed E-state index contributed by atoms with van der Waals surface area (Å²) in [4.78, 5) is 11.9. The maximum atomic E-state index is 11.9. The lowest BCUT2D eigenvalue weighted by molar-refractivity contribution is -0.116. The summed E-state index contributed by atoms with van der Waals surface area (Å²) < 4.78 is 5.16. The Kier molecular flexibility index (Phi) is 6.57. The summed E-state index contributed by atoms with van der Waals surface area (Å²) in [5, 5.41) is 20.5. The monoisotopic (exact) mass is 322 g/mol. The van der Waals surface area contributed by atoms with Crippen LogP contribution in [0, 0.1) is 11.3 Å². The number of ether oxygens (including phenoxy) is 1. The Labute approximate surface area is 140 Å². The highest BCUT2D eigenvalue weighted by Gasteiger charge is 2.02. The van der Waals surface area contributed by atoms with Gasteiger partial charge in [-0.2, -0.15) is 5.26 Å². The predicted molar refractivity (Wildman–Crippen MR) is 90.8 cm³/mol. The number of nitriles is 1. The molecule has 0 fully saturated rings. The van der Waals surface area contributed by atoms with E-state index in [9.17, 15) is 9.90 Å². The Bertz CT molecular complexity index is 746. The van der Waals surface area contributed by atoms with Crippen LogP contribution in [0.25, 0.3) is 6.08 Å². The summed E-state index contributed by atoms with van der Waals surface area (Å²) in [6.07, 6.45) is 3.15. The lowest BCUT2D eigenvalue weighted by atomic mass is 10.1. The van der Waals surface area contributed by atoms with E-state index in [1.807, 2.05) is 30.3 Å². The maximum Gasteiger partial charge on any atom is 0.244 e. The van der Waals surface area contributed by atoms with Gasteiger partial charge in [0.2, 0.25) is 5.91 Å². The second-order valence-corrected chi connectivity index (χ2v) is 4.99. The highest BCUT2D eigenvalue weighted by atomic mass is 16.5. The van der Waals surface area contributed by atoms with Gasteiger partial charge in [0.05, 0.1) is 6.61 Å². The molecule has 0 aliphatic heterocycles.